The molecule has 4 saturated carbocycles. The standard InChI is InChI=1S/C33H49NO2.H3NS/c1-4-23-21-26-28-17-16-25(13-10-15-31(36)34-22-30(35)24-11-6-5-7-12-24)32(28,2)20-18-29(26)33(3)19-9-8-14-27(23)33;1-2/h5-7,11-12,23,25-29H,4,8-10,13-22H2,1-3H3,(H,34,36);2H,1H2/t23-,25?,26?,27?,28?,29-,32?,33?;/m0./s1. The molecule has 1 aromatic carbocycles. The van der Waals surface area contributed by atoms with Gasteiger partial charge in [-0.25, -0.2) is 0 Å². The molecule has 4 nitrogen and oxygen atoms in total. The van der Waals surface area contributed by atoms with Crippen LogP contribution in [0.5, 0.6) is 0 Å². The maximum absolute atomic E-state index is 12.5. The second-order valence-corrected chi connectivity index (χ2v) is 13.4. The van der Waals surface area contributed by atoms with E-state index >= 15 is 0 Å². The fourth-order valence-electron chi connectivity index (χ4n) is 10.1. The van der Waals surface area contributed by atoms with E-state index in [2.05, 4.69) is 44.0 Å². The molecule has 0 radical (unpaired) electrons. The van der Waals surface area contributed by atoms with Crippen molar-refractivity contribution in [3.63, 3.8) is 0 Å². The van der Waals surface area contributed by atoms with Crippen molar-refractivity contribution in [2.45, 2.75) is 104 Å². The van der Waals surface area contributed by atoms with Gasteiger partial charge in [0.15, 0.2) is 5.78 Å². The predicted octanol–water partition coefficient (Wildman–Crippen LogP) is 7.63. The van der Waals surface area contributed by atoms with Crippen LogP contribution in [0.3, 0.4) is 0 Å². The number of hydrogen-bond donors (Lipinski definition) is 3. The summed E-state index contributed by atoms with van der Waals surface area (Å²) in [6.07, 6.45) is 17.0. The molecule has 1 aromatic rings. The topological polar surface area (TPSA) is 72.2 Å². The SMILES string of the molecule is CC[C@H]1CC2C3CCC(CCCC(=O)NCC(=O)c4ccccc4)C3(C)CC[C@@H]2C2(C)CCCCC12.NS. The summed E-state index contributed by atoms with van der Waals surface area (Å²) in [5.74, 6) is 5.48. The summed E-state index contributed by atoms with van der Waals surface area (Å²) in [4.78, 5) is 24.8. The fourth-order valence-corrected chi connectivity index (χ4v) is 10.1. The molecule has 4 fully saturated rings. The van der Waals surface area contributed by atoms with E-state index in [1.54, 1.807) is 0 Å². The van der Waals surface area contributed by atoms with Crippen LogP contribution < -0.4 is 10.5 Å². The second-order valence-electron chi connectivity index (χ2n) is 13.4. The molecule has 4 aliphatic carbocycles. The van der Waals surface area contributed by atoms with Crippen molar-refractivity contribution in [3.05, 3.63) is 35.9 Å². The molecule has 0 aliphatic heterocycles. The van der Waals surface area contributed by atoms with Gasteiger partial charge in [0.1, 0.15) is 0 Å². The van der Waals surface area contributed by atoms with E-state index in [-0.39, 0.29) is 18.2 Å². The Kier molecular flexibility index (Phi) is 10.1. The maximum Gasteiger partial charge on any atom is 0.220 e. The third kappa shape index (κ3) is 5.75. The Morgan fingerprint density at radius 2 is 1.68 bits per heavy atom. The lowest BCUT2D eigenvalue weighted by Gasteiger charge is -2.62. The monoisotopic (exact) mass is 540 g/mol. The van der Waals surface area contributed by atoms with Crippen LogP contribution in [0.1, 0.15) is 115 Å². The van der Waals surface area contributed by atoms with Crippen LogP contribution in [0.25, 0.3) is 0 Å². The summed E-state index contributed by atoms with van der Waals surface area (Å²) in [7, 11) is 0. The Morgan fingerprint density at radius 1 is 0.947 bits per heavy atom. The molecule has 0 saturated heterocycles. The summed E-state index contributed by atoms with van der Waals surface area (Å²) in [5, 5.41) is 7.06. The Hall–Kier alpha value is -1.33. The molecule has 0 aromatic heterocycles. The van der Waals surface area contributed by atoms with Crippen LogP contribution in [0, 0.1) is 46.3 Å². The number of benzene rings is 1. The first-order valence-electron chi connectivity index (χ1n) is 15.5. The minimum Gasteiger partial charge on any atom is -0.349 e. The largest absolute Gasteiger partial charge is 0.349 e. The van der Waals surface area contributed by atoms with E-state index in [1.165, 1.54) is 70.6 Å². The van der Waals surface area contributed by atoms with Crippen LogP contribution in [0.15, 0.2) is 30.3 Å². The number of nitrogens with one attached hydrogen (secondary N) is 1. The number of rotatable bonds is 8. The van der Waals surface area contributed by atoms with Gasteiger partial charge in [0.2, 0.25) is 5.91 Å². The first-order chi connectivity index (χ1) is 18.4. The highest BCUT2D eigenvalue weighted by atomic mass is 32.1. The molecular formula is C33H52N2O2S. The van der Waals surface area contributed by atoms with Gasteiger partial charge < -0.3 is 5.32 Å². The van der Waals surface area contributed by atoms with Gasteiger partial charge in [-0.3, -0.25) is 14.7 Å². The normalized spacial score (nSPS) is 37.6. The molecule has 5 rings (SSSR count). The summed E-state index contributed by atoms with van der Waals surface area (Å²) in [5.41, 5.74) is 1.73. The molecule has 6 unspecified atom stereocenters. The van der Waals surface area contributed by atoms with Crippen molar-refractivity contribution < 1.29 is 9.59 Å². The first-order valence-corrected chi connectivity index (χ1v) is 16.0. The van der Waals surface area contributed by atoms with Crippen molar-refractivity contribution in [2.24, 2.45) is 51.5 Å². The molecule has 0 heterocycles. The molecule has 0 bridgehead atoms. The molecule has 8 atom stereocenters. The quantitative estimate of drug-likeness (QED) is 0.234. The molecule has 38 heavy (non-hydrogen) atoms. The van der Waals surface area contributed by atoms with E-state index in [0.29, 0.717) is 22.8 Å². The van der Waals surface area contributed by atoms with E-state index in [9.17, 15) is 9.59 Å². The van der Waals surface area contributed by atoms with E-state index in [4.69, 9.17) is 0 Å². The Labute approximate surface area is 237 Å². The Morgan fingerprint density at radius 3 is 2.42 bits per heavy atom. The van der Waals surface area contributed by atoms with Crippen molar-refractivity contribution in [1.29, 1.82) is 0 Å². The van der Waals surface area contributed by atoms with E-state index < -0.39 is 0 Å². The summed E-state index contributed by atoms with van der Waals surface area (Å²) in [6, 6.07) is 9.25. The minimum atomic E-state index is -0.0152. The summed E-state index contributed by atoms with van der Waals surface area (Å²) < 4.78 is 0. The third-order valence-electron chi connectivity index (χ3n) is 12.0. The van der Waals surface area contributed by atoms with Gasteiger partial charge in [-0.05, 0) is 104 Å². The number of thiol groups is 1. The Balaban J connectivity index is 0.00000164. The summed E-state index contributed by atoms with van der Waals surface area (Å²) >= 11 is 3.03. The number of carbonyl (C=O) groups excluding carboxylic acids is 2. The number of Topliss-reactive ketones (excluding diaryl/α,β-unsaturated/α-hetero) is 1. The van der Waals surface area contributed by atoms with Crippen molar-refractivity contribution in [3.8, 4) is 0 Å². The smallest absolute Gasteiger partial charge is 0.220 e. The number of hydrogen-bond acceptors (Lipinski definition) is 4. The predicted molar refractivity (Wildman–Crippen MR) is 160 cm³/mol. The van der Waals surface area contributed by atoms with Crippen LogP contribution in [-0.2, 0) is 4.79 Å². The number of fused-ring (bicyclic) bond motifs is 5. The first kappa shape index (κ1) is 29.6. The average molecular weight is 541 g/mol. The maximum atomic E-state index is 12.5. The highest BCUT2D eigenvalue weighted by Crippen LogP contribution is 2.69. The van der Waals surface area contributed by atoms with Gasteiger partial charge in [0.05, 0.1) is 6.54 Å². The molecular weight excluding hydrogens is 488 g/mol. The molecule has 0 spiro atoms. The zero-order valence-corrected chi connectivity index (χ0v) is 25.0. The highest BCUT2D eigenvalue weighted by molar-refractivity contribution is 7.77. The molecule has 4 aliphatic rings. The van der Waals surface area contributed by atoms with E-state index in [0.717, 1.165) is 41.9 Å². The zero-order valence-electron chi connectivity index (χ0n) is 24.1. The van der Waals surface area contributed by atoms with Crippen LogP contribution in [-0.4, -0.2) is 18.2 Å². The lowest BCUT2D eigenvalue weighted by molar-refractivity contribution is -0.136. The highest BCUT2D eigenvalue weighted by Gasteiger charge is 2.60. The minimum absolute atomic E-state index is 0.0152. The molecule has 1 amide bonds. The fraction of sp³-hybridized carbons (Fsp3) is 0.758. The number of carbonyl (C=O) groups is 2. The number of nitrogens with two attached hydrogens (primary N) is 1. The van der Waals surface area contributed by atoms with E-state index in [1.807, 2.05) is 30.3 Å². The molecule has 5 heteroatoms. The lowest BCUT2D eigenvalue weighted by atomic mass is 9.42. The molecule has 3 N–H and O–H groups in total. The Bertz CT molecular complexity index is 938. The number of amides is 1. The van der Waals surface area contributed by atoms with Gasteiger partial charge >= 0.3 is 0 Å². The van der Waals surface area contributed by atoms with Gasteiger partial charge in [0.25, 0.3) is 0 Å². The van der Waals surface area contributed by atoms with Crippen LogP contribution >= 0.6 is 12.8 Å². The number of ketones is 1. The third-order valence-corrected chi connectivity index (χ3v) is 12.0. The van der Waals surface area contributed by atoms with Gasteiger partial charge in [-0.15, -0.1) is 12.8 Å². The zero-order chi connectivity index (χ0) is 27.3. The van der Waals surface area contributed by atoms with Crippen LogP contribution in [0.4, 0.5) is 0 Å². The lowest BCUT2D eigenvalue weighted by Crippen LogP contribution is -2.55. The summed E-state index contributed by atoms with van der Waals surface area (Å²) in [6.45, 7) is 7.89. The van der Waals surface area contributed by atoms with Gasteiger partial charge in [0, 0.05) is 12.0 Å². The van der Waals surface area contributed by atoms with Crippen molar-refractivity contribution >= 4 is 24.5 Å². The molecule has 212 valence electrons. The van der Waals surface area contributed by atoms with Gasteiger partial charge in [-0.1, -0.05) is 70.4 Å². The van der Waals surface area contributed by atoms with Crippen molar-refractivity contribution in [2.75, 3.05) is 6.54 Å². The second kappa shape index (κ2) is 12.9. The van der Waals surface area contributed by atoms with Gasteiger partial charge in [-0.2, -0.15) is 0 Å². The van der Waals surface area contributed by atoms with Crippen LogP contribution in [0.2, 0.25) is 0 Å². The van der Waals surface area contributed by atoms with Crippen molar-refractivity contribution in [1.82, 2.24) is 5.32 Å². The average Bonchev–Trinajstić information content (AvgIpc) is 3.28.